The van der Waals surface area contributed by atoms with Gasteiger partial charge >= 0.3 is 0 Å². The van der Waals surface area contributed by atoms with Crippen LogP contribution in [0.25, 0.3) is 0 Å². The van der Waals surface area contributed by atoms with Gasteiger partial charge in [-0.25, -0.2) is 0 Å². The number of halogens is 1. The molecular formula is C13H19BrO. The minimum absolute atomic E-state index is 0.373. The second-order valence-corrected chi connectivity index (χ2v) is 5.02. The predicted molar refractivity (Wildman–Crippen MR) is 68.9 cm³/mol. The molecular weight excluding hydrogens is 252 g/mol. The Labute approximate surface area is 101 Å². The van der Waals surface area contributed by atoms with Crippen LogP contribution < -0.4 is 4.74 Å². The maximum atomic E-state index is 5.39. The lowest BCUT2D eigenvalue weighted by molar-refractivity contribution is 0.404. The summed E-state index contributed by atoms with van der Waals surface area (Å²) in [6.07, 6.45) is 1.16. The molecule has 1 aromatic carbocycles. The molecule has 0 radical (unpaired) electrons. The highest BCUT2D eigenvalue weighted by molar-refractivity contribution is 9.09. The average molecular weight is 271 g/mol. The summed E-state index contributed by atoms with van der Waals surface area (Å²) in [7, 11) is 1.73. The minimum Gasteiger partial charge on any atom is -0.496 e. The van der Waals surface area contributed by atoms with E-state index in [1.54, 1.807) is 7.11 Å². The van der Waals surface area contributed by atoms with E-state index in [-0.39, 0.29) is 0 Å². The van der Waals surface area contributed by atoms with Gasteiger partial charge in [0, 0.05) is 10.4 Å². The average Bonchev–Trinajstić information content (AvgIpc) is 2.27. The first-order chi connectivity index (χ1) is 7.10. The van der Waals surface area contributed by atoms with Crippen LogP contribution in [0.5, 0.6) is 5.75 Å². The van der Waals surface area contributed by atoms with Crippen molar-refractivity contribution in [3.05, 3.63) is 29.3 Å². The maximum absolute atomic E-state index is 5.39. The fourth-order valence-electron chi connectivity index (χ4n) is 1.58. The van der Waals surface area contributed by atoms with Gasteiger partial charge in [-0.2, -0.15) is 0 Å². The second kappa shape index (κ2) is 5.55. The number of methoxy groups -OCH3 is 1. The van der Waals surface area contributed by atoms with Gasteiger partial charge in [-0.1, -0.05) is 53.9 Å². The zero-order valence-corrected chi connectivity index (χ0v) is 11.5. The summed E-state index contributed by atoms with van der Waals surface area (Å²) >= 11 is 3.76. The lowest BCUT2D eigenvalue weighted by Gasteiger charge is -2.20. The molecule has 0 N–H and O–H groups in total. The molecule has 0 aliphatic carbocycles. The second-order valence-electron chi connectivity index (χ2n) is 4.03. The van der Waals surface area contributed by atoms with Crippen LogP contribution in [0.2, 0.25) is 0 Å². The van der Waals surface area contributed by atoms with Gasteiger partial charge < -0.3 is 4.74 Å². The van der Waals surface area contributed by atoms with E-state index in [4.69, 9.17) is 4.74 Å². The summed E-state index contributed by atoms with van der Waals surface area (Å²) in [6.45, 7) is 6.57. The third kappa shape index (κ3) is 2.97. The lowest BCUT2D eigenvalue weighted by atomic mass is 9.97. The fraction of sp³-hybridized carbons (Fsp3) is 0.538. The van der Waals surface area contributed by atoms with Gasteiger partial charge in [0.15, 0.2) is 0 Å². The van der Waals surface area contributed by atoms with E-state index < -0.39 is 0 Å². The molecule has 1 rings (SSSR count). The van der Waals surface area contributed by atoms with E-state index in [1.807, 2.05) is 6.07 Å². The molecule has 84 valence electrons. The number of benzene rings is 1. The number of aryl methyl sites for hydroxylation is 1. The van der Waals surface area contributed by atoms with Crippen molar-refractivity contribution < 1.29 is 4.74 Å². The monoisotopic (exact) mass is 270 g/mol. The molecule has 0 saturated heterocycles. The van der Waals surface area contributed by atoms with Gasteiger partial charge in [0.1, 0.15) is 5.75 Å². The van der Waals surface area contributed by atoms with Crippen LogP contribution in [0.1, 0.15) is 36.2 Å². The first-order valence-corrected chi connectivity index (χ1v) is 6.30. The van der Waals surface area contributed by atoms with Crippen molar-refractivity contribution in [3.63, 3.8) is 0 Å². The van der Waals surface area contributed by atoms with Crippen LogP contribution in [-0.4, -0.2) is 7.11 Å². The summed E-state index contributed by atoms with van der Waals surface area (Å²) in [5.41, 5.74) is 2.53. The van der Waals surface area contributed by atoms with Crippen molar-refractivity contribution in [2.45, 2.75) is 32.0 Å². The van der Waals surface area contributed by atoms with Gasteiger partial charge in [-0.15, -0.1) is 0 Å². The van der Waals surface area contributed by atoms with Gasteiger partial charge in [0.05, 0.1) is 7.11 Å². The van der Waals surface area contributed by atoms with Crippen molar-refractivity contribution in [2.24, 2.45) is 5.92 Å². The zero-order chi connectivity index (χ0) is 11.4. The Hall–Kier alpha value is -0.500. The van der Waals surface area contributed by atoms with E-state index in [1.165, 1.54) is 11.1 Å². The Balaban J connectivity index is 3.05. The van der Waals surface area contributed by atoms with E-state index in [0.29, 0.717) is 10.7 Å². The standard InChI is InChI=1S/C13H19BrO/c1-5-10(3)13(14)11-8-9(2)6-7-12(11)15-4/h6-8,10,13H,5H2,1-4H3. The number of hydrogen-bond donors (Lipinski definition) is 0. The third-order valence-electron chi connectivity index (χ3n) is 2.83. The topological polar surface area (TPSA) is 9.23 Å². The van der Waals surface area contributed by atoms with Gasteiger partial charge in [-0.3, -0.25) is 0 Å². The highest BCUT2D eigenvalue weighted by Gasteiger charge is 2.18. The summed E-state index contributed by atoms with van der Waals surface area (Å²) in [5, 5.41) is 0. The van der Waals surface area contributed by atoms with Crippen molar-refractivity contribution in [2.75, 3.05) is 7.11 Å². The van der Waals surface area contributed by atoms with Crippen molar-refractivity contribution in [1.29, 1.82) is 0 Å². The molecule has 0 bridgehead atoms. The van der Waals surface area contributed by atoms with Gasteiger partial charge in [-0.05, 0) is 18.9 Å². The third-order valence-corrected chi connectivity index (χ3v) is 4.22. The molecule has 0 aliphatic heterocycles. The lowest BCUT2D eigenvalue weighted by Crippen LogP contribution is -2.04. The summed E-state index contributed by atoms with van der Waals surface area (Å²) < 4.78 is 5.39. The Kier molecular flexibility index (Phi) is 4.65. The van der Waals surface area contributed by atoms with Gasteiger partial charge in [0.25, 0.3) is 0 Å². The summed E-state index contributed by atoms with van der Waals surface area (Å²) in [5.74, 6) is 1.59. The predicted octanol–water partition coefficient (Wildman–Crippen LogP) is 4.49. The Bertz CT molecular complexity index is 322. The molecule has 0 aromatic heterocycles. The van der Waals surface area contributed by atoms with Gasteiger partial charge in [0.2, 0.25) is 0 Å². The largest absolute Gasteiger partial charge is 0.496 e. The number of rotatable bonds is 4. The van der Waals surface area contributed by atoms with Crippen LogP contribution in [0.3, 0.4) is 0 Å². The smallest absolute Gasteiger partial charge is 0.123 e. The molecule has 15 heavy (non-hydrogen) atoms. The number of alkyl halides is 1. The van der Waals surface area contributed by atoms with E-state index in [2.05, 4.69) is 48.8 Å². The Morgan fingerprint density at radius 1 is 1.40 bits per heavy atom. The zero-order valence-electron chi connectivity index (χ0n) is 9.88. The molecule has 1 aromatic rings. The molecule has 2 heteroatoms. The minimum atomic E-state index is 0.373. The van der Waals surface area contributed by atoms with E-state index in [0.717, 1.165) is 12.2 Å². The van der Waals surface area contributed by atoms with Crippen LogP contribution in [0, 0.1) is 12.8 Å². The molecule has 0 fully saturated rings. The highest BCUT2D eigenvalue weighted by Crippen LogP contribution is 2.38. The normalized spacial score (nSPS) is 14.7. The molecule has 2 atom stereocenters. The molecule has 0 spiro atoms. The van der Waals surface area contributed by atoms with Crippen molar-refractivity contribution >= 4 is 15.9 Å². The molecule has 1 nitrogen and oxygen atoms in total. The maximum Gasteiger partial charge on any atom is 0.123 e. The van der Waals surface area contributed by atoms with E-state index in [9.17, 15) is 0 Å². The van der Waals surface area contributed by atoms with Crippen LogP contribution in [0.4, 0.5) is 0 Å². The molecule has 0 heterocycles. The molecule has 0 amide bonds. The number of hydrogen-bond acceptors (Lipinski definition) is 1. The van der Waals surface area contributed by atoms with Crippen LogP contribution in [0.15, 0.2) is 18.2 Å². The first-order valence-electron chi connectivity index (χ1n) is 5.38. The van der Waals surface area contributed by atoms with Crippen molar-refractivity contribution in [3.8, 4) is 5.75 Å². The summed E-state index contributed by atoms with van der Waals surface area (Å²) in [4.78, 5) is 0.373. The Morgan fingerprint density at radius 3 is 2.60 bits per heavy atom. The quantitative estimate of drug-likeness (QED) is 0.733. The SMILES string of the molecule is CCC(C)C(Br)c1cc(C)ccc1OC. The first kappa shape index (κ1) is 12.6. The van der Waals surface area contributed by atoms with Crippen molar-refractivity contribution in [1.82, 2.24) is 0 Å². The molecule has 0 saturated carbocycles. The number of ether oxygens (including phenoxy) is 1. The summed E-state index contributed by atoms with van der Waals surface area (Å²) in [6, 6.07) is 6.32. The van der Waals surface area contributed by atoms with E-state index >= 15 is 0 Å². The highest BCUT2D eigenvalue weighted by atomic mass is 79.9. The fourth-order valence-corrected chi connectivity index (χ4v) is 2.31. The van der Waals surface area contributed by atoms with Crippen LogP contribution >= 0.6 is 15.9 Å². The molecule has 0 aliphatic rings. The Morgan fingerprint density at radius 2 is 2.07 bits per heavy atom. The van der Waals surface area contributed by atoms with Crippen LogP contribution in [-0.2, 0) is 0 Å². The molecule has 2 unspecified atom stereocenters.